The normalized spacial score (nSPS) is 36.5. The highest BCUT2D eigenvalue weighted by Crippen LogP contribution is 2.43. The molecule has 0 bridgehead atoms. The van der Waals surface area contributed by atoms with Gasteiger partial charge in [0.1, 0.15) is 17.8 Å². The van der Waals surface area contributed by atoms with Crippen LogP contribution in [0.4, 0.5) is 0 Å². The molecule has 2 amide bonds. The molecule has 0 aromatic carbocycles. The van der Waals surface area contributed by atoms with Gasteiger partial charge in [-0.2, -0.15) is 0 Å². The number of carbonyl (C=O) groups excluding carboxylic acids is 2. The Morgan fingerprint density at radius 2 is 1.97 bits per heavy atom. The summed E-state index contributed by atoms with van der Waals surface area (Å²) in [6.45, 7) is 8.92. The molecule has 3 fully saturated rings. The van der Waals surface area contributed by atoms with Crippen molar-refractivity contribution in [1.29, 1.82) is 0 Å². The summed E-state index contributed by atoms with van der Waals surface area (Å²) in [6.07, 6.45) is 8.38. The van der Waals surface area contributed by atoms with E-state index in [0.29, 0.717) is 26.1 Å². The number of nitrogens with two attached hydrogens (primary N) is 1. The van der Waals surface area contributed by atoms with Crippen molar-refractivity contribution in [2.75, 3.05) is 19.7 Å². The van der Waals surface area contributed by atoms with Crippen LogP contribution in [0.3, 0.4) is 0 Å². The third kappa shape index (κ3) is 8.72. The number of hydrogen-bond donors (Lipinski definition) is 5. The molecule has 0 radical (unpaired) electrons. The minimum absolute atomic E-state index is 0.0191. The standard InChI is InChI=1S/C28H45N3O7/c1-17(5-8-23-18(2)13-22(20(4)37-23)31-25(33)10-7-19(3)32)6-9-24-27(35)28(16-36-28)15-21(38-24)14-26(34)30-12-11-29/h5-7,9-10,18-24,27,32,35H,8,11-16,29H2,1-4H3,(H,30,34)(H,31,33). The van der Waals surface area contributed by atoms with Gasteiger partial charge in [0.15, 0.2) is 0 Å². The van der Waals surface area contributed by atoms with Crippen LogP contribution in [0, 0.1) is 5.92 Å². The number of allylic oxidation sites excluding steroid dienone is 2. The van der Waals surface area contributed by atoms with E-state index in [9.17, 15) is 19.8 Å². The van der Waals surface area contributed by atoms with Crippen LogP contribution in [0.15, 0.2) is 36.0 Å². The lowest BCUT2D eigenvalue weighted by Crippen LogP contribution is -2.51. The van der Waals surface area contributed by atoms with Crippen LogP contribution in [0.25, 0.3) is 0 Å². The minimum atomic E-state index is -0.792. The summed E-state index contributed by atoms with van der Waals surface area (Å²) in [5, 5.41) is 25.9. The Kier molecular flexibility index (Phi) is 11.1. The number of ether oxygens (including phenoxy) is 3. The fourth-order valence-electron chi connectivity index (χ4n) is 5.08. The van der Waals surface area contributed by atoms with Crippen molar-refractivity contribution in [3.05, 3.63) is 36.0 Å². The number of amides is 2. The Morgan fingerprint density at radius 1 is 1.24 bits per heavy atom. The van der Waals surface area contributed by atoms with Gasteiger partial charge in [0, 0.05) is 25.6 Å². The minimum Gasteiger partial charge on any atom is -0.389 e. The molecule has 38 heavy (non-hydrogen) atoms. The highest BCUT2D eigenvalue weighted by Gasteiger charge is 2.58. The number of aliphatic hydroxyl groups is 2. The zero-order valence-corrected chi connectivity index (χ0v) is 23.0. The first-order valence-corrected chi connectivity index (χ1v) is 13.6. The molecule has 0 aromatic heterocycles. The van der Waals surface area contributed by atoms with Gasteiger partial charge in [-0.05, 0) is 39.5 Å². The molecule has 3 heterocycles. The molecule has 9 unspecified atom stereocenters. The largest absolute Gasteiger partial charge is 0.389 e. The molecule has 0 aliphatic carbocycles. The van der Waals surface area contributed by atoms with Crippen LogP contribution in [0.1, 0.15) is 53.4 Å². The smallest absolute Gasteiger partial charge is 0.244 e. The molecule has 0 saturated carbocycles. The molecule has 10 heteroatoms. The van der Waals surface area contributed by atoms with E-state index < -0.39 is 23.9 Å². The maximum Gasteiger partial charge on any atom is 0.244 e. The molecular weight excluding hydrogens is 490 g/mol. The summed E-state index contributed by atoms with van der Waals surface area (Å²) in [5.41, 5.74) is 5.83. The highest BCUT2D eigenvalue weighted by atomic mass is 16.6. The molecule has 10 nitrogen and oxygen atoms in total. The Labute approximate surface area is 225 Å². The van der Waals surface area contributed by atoms with E-state index in [1.54, 1.807) is 6.92 Å². The van der Waals surface area contributed by atoms with E-state index in [1.165, 1.54) is 12.2 Å². The second-order valence-electron chi connectivity index (χ2n) is 10.9. The summed E-state index contributed by atoms with van der Waals surface area (Å²) in [4.78, 5) is 24.3. The van der Waals surface area contributed by atoms with Crippen molar-refractivity contribution in [2.45, 2.75) is 102 Å². The van der Waals surface area contributed by atoms with Gasteiger partial charge in [-0.1, -0.05) is 36.8 Å². The fraction of sp³-hybridized carbons (Fsp3) is 0.714. The second kappa shape index (κ2) is 13.8. The van der Waals surface area contributed by atoms with Gasteiger partial charge in [-0.25, -0.2) is 0 Å². The van der Waals surface area contributed by atoms with Gasteiger partial charge < -0.3 is 40.8 Å². The molecule has 3 aliphatic heterocycles. The lowest BCUT2D eigenvalue weighted by Gasteiger charge is -2.39. The Morgan fingerprint density at radius 3 is 2.63 bits per heavy atom. The fourth-order valence-corrected chi connectivity index (χ4v) is 5.08. The first-order valence-electron chi connectivity index (χ1n) is 13.6. The van der Waals surface area contributed by atoms with E-state index in [0.717, 1.165) is 18.4 Å². The summed E-state index contributed by atoms with van der Waals surface area (Å²) >= 11 is 0. The number of nitrogens with one attached hydrogen (secondary N) is 2. The third-order valence-corrected chi connectivity index (χ3v) is 7.46. The topological polar surface area (TPSA) is 156 Å². The van der Waals surface area contributed by atoms with E-state index in [4.69, 9.17) is 19.9 Å². The number of aliphatic hydroxyl groups excluding tert-OH is 2. The average Bonchev–Trinajstić information content (AvgIpc) is 3.63. The maximum atomic E-state index is 12.1. The second-order valence-corrected chi connectivity index (χ2v) is 10.9. The zero-order chi connectivity index (χ0) is 27.9. The number of hydrogen-bond acceptors (Lipinski definition) is 8. The van der Waals surface area contributed by atoms with Gasteiger partial charge >= 0.3 is 0 Å². The predicted molar refractivity (Wildman–Crippen MR) is 143 cm³/mol. The lowest BCUT2D eigenvalue weighted by atomic mass is 9.87. The van der Waals surface area contributed by atoms with E-state index in [1.807, 2.05) is 26.0 Å². The Hall–Kier alpha value is -2.08. The average molecular weight is 536 g/mol. The Bertz CT molecular complexity index is 899. The van der Waals surface area contributed by atoms with E-state index in [-0.39, 0.29) is 48.5 Å². The van der Waals surface area contributed by atoms with Crippen LogP contribution >= 0.6 is 0 Å². The zero-order valence-electron chi connectivity index (χ0n) is 23.0. The SMILES string of the molecule is CC(C=CC1OC(CC(=O)NCCN)CC2(CO2)C1O)=CCC1OC(C)C(NC(=O)C=CC(C)O)CC1C. The molecule has 1 spiro atoms. The van der Waals surface area contributed by atoms with Crippen LogP contribution < -0.4 is 16.4 Å². The highest BCUT2D eigenvalue weighted by molar-refractivity contribution is 5.87. The molecule has 6 N–H and O–H groups in total. The van der Waals surface area contributed by atoms with Crippen molar-refractivity contribution < 1.29 is 34.0 Å². The predicted octanol–water partition coefficient (Wildman–Crippen LogP) is 0.867. The van der Waals surface area contributed by atoms with E-state index >= 15 is 0 Å². The summed E-state index contributed by atoms with van der Waals surface area (Å²) in [6, 6.07) is -0.0930. The van der Waals surface area contributed by atoms with Crippen LogP contribution in [-0.2, 0) is 23.8 Å². The molecule has 9 atom stereocenters. The number of carbonyl (C=O) groups is 2. The number of rotatable bonds is 11. The molecule has 214 valence electrons. The van der Waals surface area contributed by atoms with Crippen molar-refractivity contribution in [3.8, 4) is 0 Å². The third-order valence-electron chi connectivity index (χ3n) is 7.46. The first-order chi connectivity index (χ1) is 18.0. The number of epoxide rings is 1. The van der Waals surface area contributed by atoms with Gasteiger partial charge in [-0.3, -0.25) is 9.59 Å². The molecule has 3 aliphatic rings. The van der Waals surface area contributed by atoms with Gasteiger partial charge in [0.05, 0.1) is 43.5 Å². The van der Waals surface area contributed by atoms with Gasteiger partial charge in [-0.15, -0.1) is 0 Å². The van der Waals surface area contributed by atoms with Crippen molar-refractivity contribution in [3.63, 3.8) is 0 Å². The summed E-state index contributed by atoms with van der Waals surface area (Å²) in [5.74, 6) is -0.117. The van der Waals surface area contributed by atoms with Crippen LogP contribution in [0.5, 0.6) is 0 Å². The van der Waals surface area contributed by atoms with Gasteiger partial charge in [0.2, 0.25) is 11.8 Å². The first kappa shape index (κ1) is 30.5. The van der Waals surface area contributed by atoms with Gasteiger partial charge in [0.25, 0.3) is 0 Å². The van der Waals surface area contributed by atoms with E-state index in [2.05, 4.69) is 23.6 Å². The Balaban J connectivity index is 1.52. The van der Waals surface area contributed by atoms with Crippen molar-refractivity contribution in [1.82, 2.24) is 10.6 Å². The van der Waals surface area contributed by atoms with Crippen molar-refractivity contribution in [2.24, 2.45) is 11.7 Å². The molecule has 0 aromatic rings. The maximum absolute atomic E-state index is 12.1. The molecule has 3 rings (SSSR count). The lowest BCUT2D eigenvalue weighted by molar-refractivity contribution is -0.145. The van der Waals surface area contributed by atoms with Crippen LogP contribution in [0.2, 0.25) is 0 Å². The summed E-state index contributed by atoms with van der Waals surface area (Å²) in [7, 11) is 0. The molecular formula is C28H45N3O7. The van der Waals surface area contributed by atoms with Crippen LogP contribution in [-0.4, -0.2) is 90.0 Å². The summed E-state index contributed by atoms with van der Waals surface area (Å²) < 4.78 is 17.9. The monoisotopic (exact) mass is 535 g/mol. The molecule has 3 saturated heterocycles. The quantitative estimate of drug-likeness (QED) is 0.148. The van der Waals surface area contributed by atoms with Crippen molar-refractivity contribution >= 4 is 11.8 Å².